The van der Waals surface area contributed by atoms with E-state index in [1.165, 1.54) is 6.08 Å². The number of aromatic nitrogens is 2. The molecule has 4 rings (SSSR count). The molecule has 4 N–H and O–H groups in total. The highest BCUT2D eigenvalue weighted by Gasteiger charge is 2.24. The van der Waals surface area contributed by atoms with Crippen LogP contribution in [-0.2, 0) is 16.0 Å². The van der Waals surface area contributed by atoms with Crippen LogP contribution in [0.5, 0.6) is 11.6 Å². The average molecular weight is 531 g/mol. The van der Waals surface area contributed by atoms with Crippen LogP contribution in [0.25, 0.3) is 0 Å². The molecule has 204 valence electrons. The van der Waals surface area contributed by atoms with Gasteiger partial charge in [-0.1, -0.05) is 19.6 Å². The third kappa shape index (κ3) is 6.71. The Morgan fingerprint density at radius 1 is 1.15 bits per heavy atom. The molecular formula is C29H34N6O4. The van der Waals surface area contributed by atoms with Gasteiger partial charge in [0.25, 0.3) is 5.91 Å². The van der Waals surface area contributed by atoms with Crippen LogP contribution in [0.3, 0.4) is 0 Å². The summed E-state index contributed by atoms with van der Waals surface area (Å²) in [4.78, 5) is 35.4. The van der Waals surface area contributed by atoms with Gasteiger partial charge in [0, 0.05) is 36.2 Å². The monoisotopic (exact) mass is 530 g/mol. The van der Waals surface area contributed by atoms with Gasteiger partial charge in [0.15, 0.2) is 11.5 Å². The molecule has 2 amide bonds. The van der Waals surface area contributed by atoms with Gasteiger partial charge >= 0.3 is 0 Å². The van der Waals surface area contributed by atoms with Gasteiger partial charge in [-0.25, -0.2) is 4.98 Å². The first kappa shape index (κ1) is 27.6. The number of ether oxygens (including phenoxy) is 2. The highest BCUT2D eigenvalue weighted by Crippen LogP contribution is 2.31. The Bertz CT molecular complexity index is 1380. The van der Waals surface area contributed by atoms with E-state index >= 15 is 0 Å². The Morgan fingerprint density at radius 3 is 2.54 bits per heavy atom. The summed E-state index contributed by atoms with van der Waals surface area (Å²) >= 11 is 0. The number of aryl methyl sites for hydroxylation is 2. The molecule has 0 unspecified atom stereocenters. The second-order valence-corrected chi connectivity index (χ2v) is 9.50. The van der Waals surface area contributed by atoms with E-state index in [9.17, 15) is 9.59 Å². The molecule has 3 aromatic rings. The number of rotatable bonds is 9. The molecule has 1 aromatic heterocycles. The highest BCUT2D eigenvalue weighted by atomic mass is 16.5. The Balaban J connectivity index is 1.63. The van der Waals surface area contributed by atoms with Crippen molar-refractivity contribution in [3.05, 3.63) is 72.1 Å². The number of carbonyl (C=O) groups is 2. The van der Waals surface area contributed by atoms with Gasteiger partial charge < -0.3 is 30.7 Å². The number of morpholine rings is 1. The zero-order valence-electron chi connectivity index (χ0n) is 22.7. The fourth-order valence-electron chi connectivity index (χ4n) is 4.57. The largest absolute Gasteiger partial charge is 0.437 e. The summed E-state index contributed by atoms with van der Waals surface area (Å²) in [6.07, 6.45) is 1.94. The maximum Gasteiger partial charge on any atom is 0.271 e. The number of nitrogens with two attached hydrogens (primary N) is 1. The number of benzene rings is 2. The molecule has 0 radical (unpaired) electrons. The quantitative estimate of drug-likeness (QED) is 0.339. The van der Waals surface area contributed by atoms with E-state index in [0.717, 1.165) is 30.0 Å². The van der Waals surface area contributed by atoms with Crippen LogP contribution in [0.2, 0.25) is 0 Å². The second kappa shape index (κ2) is 12.0. The van der Waals surface area contributed by atoms with Gasteiger partial charge in [-0.05, 0) is 69.2 Å². The number of carbonyl (C=O) groups excluding carboxylic acids is 2. The molecule has 2 atom stereocenters. The van der Waals surface area contributed by atoms with Gasteiger partial charge in [0.1, 0.15) is 11.4 Å². The maximum atomic E-state index is 12.3. The standard InChI is InChI=1S/C29H34N6O4/c1-6-23-29(39-22-10-8-9-20(14-22)31-25(36)7-2)34-28(26(33-23)27(30)37)32-21-11-12-24(17(3)13-21)35-15-18(4)38-19(5)16-35/h7-14,18-19H,2,6,15-16H2,1,3-5H3,(H2,30,37)(H,31,36)(H,32,34)/t18-,19+. The predicted molar refractivity (Wildman–Crippen MR) is 152 cm³/mol. The first-order chi connectivity index (χ1) is 18.7. The van der Waals surface area contributed by atoms with Crippen molar-refractivity contribution in [2.45, 2.75) is 46.3 Å². The van der Waals surface area contributed by atoms with Gasteiger partial charge in [0.05, 0.1) is 12.2 Å². The van der Waals surface area contributed by atoms with E-state index in [4.69, 9.17) is 15.2 Å². The molecule has 1 aliphatic rings. The summed E-state index contributed by atoms with van der Waals surface area (Å²) in [6.45, 7) is 13.2. The summed E-state index contributed by atoms with van der Waals surface area (Å²) in [5.41, 5.74) is 9.60. The lowest BCUT2D eigenvalue weighted by molar-refractivity contribution is -0.111. The van der Waals surface area contributed by atoms with Gasteiger partial charge in [0.2, 0.25) is 11.8 Å². The predicted octanol–water partition coefficient (Wildman–Crippen LogP) is 4.72. The van der Waals surface area contributed by atoms with E-state index in [2.05, 4.69) is 45.9 Å². The lowest BCUT2D eigenvalue weighted by atomic mass is 10.1. The topological polar surface area (TPSA) is 132 Å². The molecule has 10 heteroatoms. The van der Waals surface area contributed by atoms with Crippen molar-refractivity contribution in [1.29, 1.82) is 0 Å². The van der Waals surface area contributed by atoms with Crippen LogP contribution >= 0.6 is 0 Å². The van der Waals surface area contributed by atoms with E-state index in [0.29, 0.717) is 23.6 Å². The molecule has 0 bridgehead atoms. The second-order valence-electron chi connectivity index (χ2n) is 9.50. The Labute approximate surface area is 228 Å². The first-order valence-electron chi connectivity index (χ1n) is 12.9. The molecule has 1 fully saturated rings. The summed E-state index contributed by atoms with van der Waals surface area (Å²) in [7, 11) is 0. The Hall–Kier alpha value is -4.44. The molecule has 2 heterocycles. The summed E-state index contributed by atoms with van der Waals surface area (Å²) in [6, 6.07) is 12.8. The number of hydrogen-bond donors (Lipinski definition) is 3. The fraction of sp³-hybridized carbons (Fsp3) is 0.310. The minimum atomic E-state index is -0.704. The van der Waals surface area contributed by atoms with Crippen molar-refractivity contribution in [3.63, 3.8) is 0 Å². The molecule has 1 saturated heterocycles. The summed E-state index contributed by atoms with van der Waals surface area (Å²) < 4.78 is 11.9. The van der Waals surface area contributed by atoms with Crippen molar-refractivity contribution >= 4 is 34.7 Å². The lowest BCUT2D eigenvalue weighted by Crippen LogP contribution is -2.45. The molecule has 1 aliphatic heterocycles. The van der Waals surface area contributed by atoms with E-state index in [1.807, 2.05) is 32.0 Å². The SMILES string of the molecule is C=CC(=O)Nc1cccc(Oc2nc(Nc3ccc(N4C[C@@H](C)O[C@@H](C)C4)c(C)c3)c(C(N)=O)nc2CC)c1. The molecule has 39 heavy (non-hydrogen) atoms. The zero-order valence-corrected chi connectivity index (χ0v) is 22.7. The van der Waals surface area contributed by atoms with Gasteiger partial charge in [-0.2, -0.15) is 4.98 Å². The van der Waals surface area contributed by atoms with Crippen molar-refractivity contribution in [1.82, 2.24) is 9.97 Å². The van der Waals surface area contributed by atoms with Crippen LogP contribution in [0, 0.1) is 6.92 Å². The van der Waals surface area contributed by atoms with Crippen molar-refractivity contribution in [2.75, 3.05) is 28.6 Å². The lowest BCUT2D eigenvalue weighted by Gasteiger charge is -2.37. The van der Waals surface area contributed by atoms with Gasteiger partial charge in [-0.3, -0.25) is 9.59 Å². The van der Waals surface area contributed by atoms with Crippen LogP contribution < -0.4 is 26.0 Å². The molecule has 10 nitrogen and oxygen atoms in total. The smallest absolute Gasteiger partial charge is 0.271 e. The maximum absolute atomic E-state index is 12.3. The molecular weight excluding hydrogens is 496 g/mol. The minimum Gasteiger partial charge on any atom is -0.437 e. The van der Waals surface area contributed by atoms with Gasteiger partial charge in [-0.15, -0.1) is 0 Å². The number of nitrogens with one attached hydrogen (secondary N) is 2. The Kier molecular flexibility index (Phi) is 8.46. The third-order valence-corrected chi connectivity index (χ3v) is 6.22. The summed E-state index contributed by atoms with van der Waals surface area (Å²) in [5, 5.41) is 5.89. The minimum absolute atomic E-state index is 0.0174. The highest BCUT2D eigenvalue weighted by molar-refractivity contribution is 5.99. The van der Waals surface area contributed by atoms with Crippen molar-refractivity contribution < 1.29 is 19.1 Å². The third-order valence-electron chi connectivity index (χ3n) is 6.22. The van der Waals surface area contributed by atoms with Crippen molar-refractivity contribution in [3.8, 4) is 11.6 Å². The fourth-order valence-corrected chi connectivity index (χ4v) is 4.57. The average Bonchev–Trinajstić information content (AvgIpc) is 2.88. The van der Waals surface area contributed by atoms with E-state index in [1.54, 1.807) is 24.3 Å². The van der Waals surface area contributed by atoms with Crippen LogP contribution in [0.1, 0.15) is 42.5 Å². The number of nitrogens with zero attached hydrogens (tertiary/aromatic N) is 3. The van der Waals surface area contributed by atoms with Crippen LogP contribution in [0.4, 0.5) is 22.9 Å². The van der Waals surface area contributed by atoms with Crippen LogP contribution in [-0.4, -0.2) is 47.1 Å². The van der Waals surface area contributed by atoms with Crippen molar-refractivity contribution in [2.24, 2.45) is 5.73 Å². The summed E-state index contributed by atoms with van der Waals surface area (Å²) in [5.74, 6) is -0.191. The number of hydrogen-bond acceptors (Lipinski definition) is 8. The Morgan fingerprint density at radius 2 is 1.90 bits per heavy atom. The zero-order chi connectivity index (χ0) is 28.1. The number of amides is 2. The molecule has 0 saturated carbocycles. The molecule has 0 aliphatic carbocycles. The number of primary amides is 1. The molecule has 0 spiro atoms. The van der Waals surface area contributed by atoms with E-state index in [-0.39, 0.29) is 35.5 Å². The van der Waals surface area contributed by atoms with Crippen LogP contribution in [0.15, 0.2) is 55.1 Å². The number of anilines is 4. The van der Waals surface area contributed by atoms with E-state index < -0.39 is 5.91 Å². The molecule has 2 aromatic carbocycles. The normalized spacial score (nSPS) is 16.9. The first-order valence-corrected chi connectivity index (χ1v) is 12.9.